The number of hydrogen-bond acceptors (Lipinski definition) is 3. The lowest BCUT2D eigenvalue weighted by molar-refractivity contribution is -0.137. The van der Waals surface area contributed by atoms with E-state index in [-0.39, 0.29) is 5.56 Å². The average Bonchev–Trinajstić information content (AvgIpc) is 2.96. The summed E-state index contributed by atoms with van der Waals surface area (Å²) in [5.41, 5.74) is -0.777. The maximum absolute atomic E-state index is 12.9. The first-order chi connectivity index (χ1) is 9.91. The van der Waals surface area contributed by atoms with Crippen LogP contribution in [0, 0.1) is 11.3 Å². The Morgan fingerprint density at radius 2 is 2.05 bits per heavy atom. The van der Waals surface area contributed by atoms with E-state index in [1.807, 2.05) is 17.5 Å². The van der Waals surface area contributed by atoms with Crippen molar-refractivity contribution in [3.8, 4) is 6.07 Å². The Morgan fingerprint density at radius 1 is 1.29 bits per heavy atom. The molecule has 2 aromatic rings. The maximum atomic E-state index is 12.9. The van der Waals surface area contributed by atoms with Gasteiger partial charge in [0, 0.05) is 24.2 Å². The zero-order valence-corrected chi connectivity index (χ0v) is 12.1. The van der Waals surface area contributed by atoms with Crippen LogP contribution in [0.15, 0.2) is 35.7 Å². The molecule has 0 aliphatic carbocycles. The number of rotatable bonds is 4. The minimum absolute atomic E-state index is 0.349. The number of thiophene rings is 1. The zero-order valence-electron chi connectivity index (χ0n) is 11.3. The normalized spacial score (nSPS) is 11.2. The van der Waals surface area contributed by atoms with E-state index in [1.165, 1.54) is 10.9 Å². The van der Waals surface area contributed by atoms with Gasteiger partial charge in [0.1, 0.15) is 0 Å². The van der Waals surface area contributed by atoms with E-state index in [9.17, 15) is 13.2 Å². The molecule has 0 saturated heterocycles. The molecule has 0 radical (unpaired) electrons. The van der Waals surface area contributed by atoms with Crippen LogP contribution in [0.4, 0.5) is 18.9 Å². The highest BCUT2D eigenvalue weighted by atomic mass is 32.1. The smallest absolute Gasteiger partial charge is 0.374 e. The van der Waals surface area contributed by atoms with Crippen molar-refractivity contribution >= 4 is 17.0 Å². The molecular weight excluding hydrogens is 297 g/mol. The number of alkyl halides is 3. The maximum Gasteiger partial charge on any atom is 0.417 e. The number of anilines is 1. The summed E-state index contributed by atoms with van der Waals surface area (Å²) in [5, 5.41) is 10.7. The summed E-state index contributed by atoms with van der Waals surface area (Å²) in [5.74, 6) is 0. The summed E-state index contributed by atoms with van der Waals surface area (Å²) in [4.78, 5) is 2.95. The molecule has 0 atom stereocenters. The molecule has 21 heavy (non-hydrogen) atoms. The van der Waals surface area contributed by atoms with E-state index >= 15 is 0 Å². The highest BCUT2D eigenvalue weighted by molar-refractivity contribution is 7.09. The lowest BCUT2D eigenvalue weighted by atomic mass is 10.1. The molecule has 1 aromatic heterocycles. The van der Waals surface area contributed by atoms with Crippen LogP contribution in [0.2, 0.25) is 0 Å². The van der Waals surface area contributed by atoms with Crippen molar-refractivity contribution in [1.82, 2.24) is 0 Å². The van der Waals surface area contributed by atoms with Gasteiger partial charge in [-0.25, -0.2) is 0 Å². The Kier molecular flexibility index (Phi) is 4.53. The molecular formula is C15H13F3N2S. The molecule has 0 bridgehead atoms. The molecule has 0 fully saturated rings. The SMILES string of the molecule is CN(CCc1cccs1)c1ccc(C#N)c(C(F)(F)F)c1. The van der Waals surface area contributed by atoms with Crippen molar-refractivity contribution in [2.75, 3.05) is 18.5 Å². The number of nitrogens with zero attached hydrogens (tertiary/aromatic N) is 2. The quantitative estimate of drug-likeness (QED) is 0.841. The Balaban J connectivity index is 2.18. The highest BCUT2D eigenvalue weighted by Crippen LogP contribution is 2.34. The highest BCUT2D eigenvalue weighted by Gasteiger charge is 2.34. The van der Waals surface area contributed by atoms with Gasteiger partial charge in [0.05, 0.1) is 17.2 Å². The molecule has 0 aliphatic rings. The number of benzene rings is 1. The lowest BCUT2D eigenvalue weighted by Crippen LogP contribution is -2.21. The van der Waals surface area contributed by atoms with Crippen molar-refractivity contribution in [3.05, 3.63) is 51.7 Å². The van der Waals surface area contributed by atoms with E-state index in [4.69, 9.17) is 5.26 Å². The number of halogens is 3. The van der Waals surface area contributed by atoms with Crippen molar-refractivity contribution in [3.63, 3.8) is 0 Å². The second-order valence-corrected chi connectivity index (χ2v) is 5.62. The van der Waals surface area contributed by atoms with Crippen molar-refractivity contribution in [2.45, 2.75) is 12.6 Å². The molecule has 1 heterocycles. The van der Waals surface area contributed by atoms with E-state index in [0.29, 0.717) is 12.2 Å². The molecule has 110 valence electrons. The molecule has 2 nitrogen and oxygen atoms in total. The minimum atomic E-state index is -4.52. The summed E-state index contributed by atoms with van der Waals surface area (Å²) in [6, 6.07) is 9.33. The van der Waals surface area contributed by atoms with E-state index in [0.717, 1.165) is 12.5 Å². The summed E-state index contributed by atoms with van der Waals surface area (Å²) in [7, 11) is 1.75. The number of nitriles is 1. The fourth-order valence-corrected chi connectivity index (χ4v) is 2.66. The molecule has 0 saturated carbocycles. The van der Waals surface area contributed by atoms with Crippen LogP contribution in [-0.2, 0) is 12.6 Å². The number of likely N-dealkylation sites (N-methyl/N-ethyl adjacent to an activating group) is 1. The van der Waals surface area contributed by atoms with Crippen LogP contribution in [0.5, 0.6) is 0 Å². The van der Waals surface area contributed by atoms with Crippen LogP contribution < -0.4 is 4.90 Å². The molecule has 0 amide bonds. The molecule has 6 heteroatoms. The van der Waals surface area contributed by atoms with Gasteiger partial charge in [-0.15, -0.1) is 11.3 Å². The molecule has 0 unspecified atom stereocenters. The predicted molar refractivity (Wildman–Crippen MR) is 77.5 cm³/mol. The standard InChI is InChI=1S/C15H13F3N2S/c1-20(7-6-13-3-2-8-21-13)12-5-4-11(10-19)14(9-12)15(16,17)18/h2-5,8-9H,6-7H2,1H3. The van der Waals surface area contributed by atoms with E-state index in [2.05, 4.69) is 0 Å². The van der Waals surface area contributed by atoms with Crippen LogP contribution in [0.1, 0.15) is 16.0 Å². The van der Waals surface area contributed by atoms with Crippen molar-refractivity contribution in [1.29, 1.82) is 5.26 Å². The van der Waals surface area contributed by atoms with E-state index in [1.54, 1.807) is 35.4 Å². The van der Waals surface area contributed by atoms with E-state index < -0.39 is 11.7 Å². The van der Waals surface area contributed by atoms with Gasteiger partial charge in [0.2, 0.25) is 0 Å². The lowest BCUT2D eigenvalue weighted by Gasteiger charge is -2.20. The van der Waals surface area contributed by atoms with Crippen LogP contribution in [-0.4, -0.2) is 13.6 Å². The Hall–Kier alpha value is -2.00. The Bertz CT molecular complexity index is 642. The predicted octanol–water partition coefficient (Wildman–Crippen LogP) is 4.32. The molecule has 2 rings (SSSR count). The molecule has 0 aliphatic heterocycles. The Labute approximate surface area is 125 Å². The summed E-state index contributed by atoms with van der Waals surface area (Å²) >= 11 is 1.62. The van der Waals surface area contributed by atoms with Gasteiger partial charge >= 0.3 is 6.18 Å². The van der Waals surface area contributed by atoms with Gasteiger partial charge in [-0.2, -0.15) is 18.4 Å². The second kappa shape index (κ2) is 6.19. The van der Waals surface area contributed by atoms with Crippen LogP contribution in [0.3, 0.4) is 0 Å². The molecule has 0 spiro atoms. The number of hydrogen-bond donors (Lipinski definition) is 0. The van der Waals surface area contributed by atoms with Gasteiger partial charge in [0.25, 0.3) is 0 Å². The summed E-state index contributed by atoms with van der Waals surface area (Å²) in [6.45, 7) is 0.615. The monoisotopic (exact) mass is 310 g/mol. The summed E-state index contributed by atoms with van der Waals surface area (Å²) in [6.07, 6.45) is -3.74. The second-order valence-electron chi connectivity index (χ2n) is 4.59. The van der Waals surface area contributed by atoms with Crippen LogP contribution in [0.25, 0.3) is 0 Å². The molecule has 0 N–H and O–H groups in total. The average molecular weight is 310 g/mol. The molecule has 1 aromatic carbocycles. The largest absolute Gasteiger partial charge is 0.417 e. The van der Waals surface area contributed by atoms with Gasteiger partial charge in [0.15, 0.2) is 0 Å². The zero-order chi connectivity index (χ0) is 15.5. The third kappa shape index (κ3) is 3.76. The first-order valence-electron chi connectivity index (χ1n) is 6.26. The van der Waals surface area contributed by atoms with Crippen LogP contribution >= 0.6 is 11.3 Å². The first-order valence-corrected chi connectivity index (χ1v) is 7.14. The fourth-order valence-electron chi connectivity index (χ4n) is 1.96. The summed E-state index contributed by atoms with van der Waals surface area (Å²) < 4.78 is 38.8. The van der Waals surface area contributed by atoms with Gasteiger partial charge in [-0.05, 0) is 36.1 Å². The third-order valence-electron chi connectivity index (χ3n) is 3.14. The topological polar surface area (TPSA) is 27.0 Å². The minimum Gasteiger partial charge on any atom is -0.374 e. The van der Waals surface area contributed by atoms with Gasteiger partial charge < -0.3 is 4.90 Å². The van der Waals surface area contributed by atoms with Crippen molar-refractivity contribution < 1.29 is 13.2 Å². The fraction of sp³-hybridized carbons (Fsp3) is 0.267. The van der Waals surface area contributed by atoms with Gasteiger partial charge in [-0.1, -0.05) is 6.07 Å². The first kappa shape index (κ1) is 15.4. The van der Waals surface area contributed by atoms with Gasteiger partial charge in [-0.3, -0.25) is 0 Å². The Morgan fingerprint density at radius 3 is 2.62 bits per heavy atom. The third-order valence-corrected chi connectivity index (χ3v) is 4.08. The van der Waals surface area contributed by atoms with Crippen molar-refractivity contribution in [2.24, 2.45) is 0 Å².